The number of hydrogen-bond donors (Lipinski definition) is 7. The number of imide groups is 1. The number of rotatable bonds is 8. The molecule has 1 unspecified atom stereocenters. The molecule has 0 radical (unpaired) electrons. The second kappa shape index (κ2) is 12.0. The zero-order valence-electron chi connectivity index (χ0n) is 21.9. The minimum Gasteiger partial charge on any atom is -0.505 e. The van der Waals surface area contributed by atoms with Gasteiger partial charge in [0.25, 0.3) is 11.9 Å². The third kappa shape index (κ3) is 5.77. The van der Waals surface area contributed by atoms with E-state index in [9.17, 15) is 45.0 Å². The third-order valence-corrected chi connectivity index (χ3v) is 7.15. The zero-order valence-corrected chi connectivity index (χ0v) is 21.9. The first-order chi connectivity index (χ1) is 19.5. The van der Waals surface area contributed by atoms with Crippen molar-refractivity contribution in [2.24, 2.45) is 0 Å². The number of aliphatic hydroxyl groups excluding tert-OH is 4. The van der Waals surface area contributed by atoms with Gasteiger partial charge in [-0.2, -0.15) is 0 Å². The molecule has 7 N–H and O–H groups in total. The second-order valence-electron chi connectivity index (χ2n) is 9.64. The Morgan fingerprint density at radius 3 is 2.34 bits per heavy atom. The van der Waals surface area contributed by atoms with Crippen LogP contribution < -0.4 is 5.32 Å². The minimum absolute atomic E-state index is 0.0339. The van der Waals surface area contributed by atoms with E-state index in [1.54, 1.807) is 0 Å². The number of carbonyl (C=O) groups excluding carboxylic acids is 3. The van der Waals surface area contributed by atoms with Gasteiger partial charge in [0.1, 0.15) is 18.5 Å². The highest BCUT2D eigenvalue weighted by Crippen LogP contribution is 2.40. The molecule has 0 spiro atoms. The maximum absolute atomic E-state index is 15.6. The first kappa shape index (κ1) is 29.6. The van der Waals surface area contributed by atoms with Gasteiger partial charge in [0, 0.05) is 37.2 Å². The topological polar surface area (TPSA) is 210 Å². The van der Waals surface area contributed by atoms with Crippen molar-refractivity contribution < 1.29 is 58.9 Å². The van der Waals surface area contributed by atoms with Crippen LogP contribution in [0, 0.1) is 5.82 Å². The van der Waals surface area contributed by atoms with Crippen molar-refractivity contribution in [1.82, 2.24) is 15.1 Å². The highest BCUT2D eigenvalue weighted by atomic mass is 19.1. The van der Waals surface area contributed by atoms with Gasteiger partial charge in [0.05, 0.1) is 43.1 Å². The molecule has 3 aliphatic rings. The van der Waals surface area contributed by atoms with Crippen LogP contribution in [0.1, 0.15) is 29.5 Å². The zero-order chi connectivity index (χ0) is 30.0. The van der Waals surface area contributed by atoms with Crippen LogP contribution >= 0.6 is 0 Å². The molecule has 41 heavy (non-hydrogen) atoms. The molecular weight excluding hydrogens is 549 g/mol. The van der Waals surface area contributed by atoms with Crippen LogP contribution in [0.5, 0.6) is 11.5 Å². The molecule has 1 atom stereocenters. The Balaban J connectivity index is 1.67. The van der Waals surface area contributed by atoms with E-state index in [0.29, 0.717) is 26.3 Å². The summed E-state index contributed by atoms with van der Waals surface area (Å²) in [4.78, 5) is 39.8. The molecule has 1 aromatic rings. The molecule has 15 heteroatoms. The van der Waals surface area contributed by atoms with Crippen LogP contribution in [0.15, 0.2) is 35.2 Å². The molecule has 3 fully saturated rings. The number of piperidine rings is 1. The van der Waals surface area contributed by atoms with Crippen molar-refractivity contribution in [2.45, 2.75) is 38.6 Å². The van der Waals surface area contributed by atoms with Gasteiger partial charge in [0.15, 0.2) is 23.0 Å². The lowest BCUT2D eigenvalue weighted by Gasteiger charge is -2.28. The number of carbonyl (C=O) groups is 3. The number of amides is 3. The summed E-state index contributed by atoms with van der Waals surface area (Å²) in [6, 6.07) is -1.15. The Kier molecular flexibility index (Phi) is 8.70. The SMILES string of the molecule is C=C(O)/C(O)=C1/C(=O)N(C2CCC(=O)NC2=O)C/C1=C(/O)OCc1c(O)c(O)c(CO)c(CN2CCOCC2)c1F. The van der Waals surface area contributed by atoms with E-state index in [1.807, 2.05) is 4.90 Å². The number of nitrogens with zero attached hydrogens (tertiary/aromatic N) is 2. The quantitative estimate of drug-likeness (QED) is 0.0965. The Bertz CT molecular complexity index is 1350. The van der Waals surface area contributed by atoms with Crippen molar-refractivity contribution in [3.8, 4) is 11.5 Å². The van der Waals surface area contributed by atoms with E-state index in [0.717, 1.165) is 4.90 Å². The lowest BCUT2D eigenvalue weighted by molar-refractivity contribution is -0.142. The number of likely N-dealkylation sites (tertiary alicyclic amines) is 1. The Labute approximate surface area is 232 Å². The number of benzene rings is 1. The van der Waals surface area contributed by atoms with Crippen molar-refractivity contribution in [3.05, 3.63) is 57.7 Å². The fraction of sp³-hybridized carbons (Fsp3) is 0.423. The number of aromatic hydroxyl groups is 2. The summed E-state index contributed by atoms with van der Waals surface area (Å²) < 4.78 is 26.2. The van der Waals surface area contributed by atoms with Crippen LogP contribution in [-0.2, 0) is 43.6 Å². The van der Waals surface area contributed by atoms with Crippen molar-refractivity contribution in [1.29, 1.82) is 0 Å². The van der Waals surface area contributed by atoms with Gasteiger partial charge >= 0.3 is 0 Å². The van der Waals surface area contributed by atoms with Crippen molar-refractivity contribution in [3.63, 3.8) is 0 Å². The van der Waals surface area contributed by atoms with Gasteiger partial charge in [-0.3, -0.25) is 24.6 Å². The number of aliphatic hydroxyl groups is 4. The maximum Gasteiger partial charge on any atom is 0.283 e. The number of halogens is 1. The van der Waals surface area contributed by atoms with Gasteiger partial charge in [-0.05, 0) is 6.42 Å². The Hall–Kier alpha value is -4.34. The molecule has 4 rings (SSSR count). The number of phenolic OH excluding ortho intramolecular Hbond substituents is 1. The molecule has 0 aliphatic carbocycles. The van der Waals surface area contributed by atoms with Gasteiger partial charge in [-0.1, -0.05) is 6.58 Å². The summed E-state index contributed by atoms with van der Waals surface area (Å²) in [5.41, 5.74) is -1.93. The average molecular weight is 580 g/mol. The van der Waals surface area contributed by atoms with E-state index in [2.05, 4.69) is 11.9 Å². The maximum atomic E-state index is 15.6. The molecule has 3 amide bonds. The number of hydrogen-bond acceptors (Lipinski definition) is 12. The van der Waals surface area contributed by atoms with Crippen LogP contribution in [0.4, 0.5) is 4.39 Å². The standard InChI is InChI=1S/C26H30FN3O11/c1-12(32)21(34)19-14(9-30(25(19)38)17-2-3-18(33)28-24(17)37)26(39)41-11-16-20(27)13(8-29-4-6-40-7-5-29)15(10-31)22(35)23(16)36/h17,31-32,34-36,39H,1-11H2,(H,28,33,37)/b21-19-,26-14+. The second-order valence-corrected chi connectivity index (χ2v) is 9.64. The normalized spacial score (nSPS) is 22.5. The highest BCUT2D eigenvalue weighted by molar-refractivity contribution is 6.07. The Morgan fingerprint density at radius 1 is 1.07 bits per heavy atom. The van der Waals surface area contributed by atoms with E-state index < -0.39 is 95.0 Å². The van der Waals surface area contributed by atoms with Crippen LogP contribution in [0.3, 0.4) is 0 Å². The van der Waals surface area contributed by atoms with Gasteiger partial charge in [-0.15, -0.1) is 0 Å². The minimum atomic E-state index is -1.15. The molecule has 0 saturated carbocycles. The molecule has 3 heterocycles. The molecule has 222 valence electrons. The first-order valence-corrected chi connectivity index (χ1v) is 12.6. The monoisotopic (exact) mass is 579 g/mol. The molecule has 0 bridgehead atoms. The predicted molar refractivity (Wildman–Crippen MR) is 136 cm³/mol. The predicted octanol–water partition coefficient (Wildman–Crippen LogP) is 0.379. The van der Waals surface area contributed by atoms with Crippen LogP contribution in [0.2, 0.25) is 0 Å². The summed E-state index contributed by atoms with van der Waals surface area (Å²) in [6.45, 7) is 2.68. The molecule has 14 nitrogen and oxygen atoms in total. The van der Waals surface area contributed by atoms with E-state index in [1.165, 1.54) is 0 Å². The lowest BCUT2D eigenvalue weighted by atomic mass is 10.00. The molecule has 3 saturated heterocycles. The van der Waals surface area contributed by atoms with Crippen LogP contribution in [0.25, 0.3) is 0 Å². The first-order valence-electron chi connectivity index (χ1n) is 12.6. The number of ether oxygens (including phenoxy) is 2. The molecule has 0 aromatic heterocycles. The summed E-state index contributed by atoms with van der Waals surface area (Å²) in [5, 5.41) is 63.7. The Morgan fingerprint density at radius 2 is 1.73 bits per heavy atom. The number of morpholine rings is 1. The molecule has 1 aromatic carbocycles. The lowest BCUT2D eigenvalue weighted by Crippen LogP contribution is -2.53. The van der Waals surface area contributed by atoms with E-state index in [4.69, 9.17) is 9.47 Å². The van der Waals surface area contributed by atoms with Crippen molar-refractivity contribution >= 4 is 17.7 Å². The molecule has 3 aliphatic heterocycles. The summed E-state index contributed by atoms with van der Waals surface area (Å²) in [7, 11) is 0. The largest absolute Gasteiger partial charge is 0.505 e. The van der Waals surface area contributed by atoms with Gasteiger partial charge < -0.3 is 45.0 Å². The van der Waals surface area contributed by atoms with E-state index in [-0.39, 0.29) is 30.5 Å². The summed E-state index contributed by atoms with van der Waals surface area (Å²) >= 11 is 0. The fourth-order valence-corrected chi connectivity index (χ4v) is 4.91. The van der Waals surface area contributed by atoms with E-state index >= 15 is 4.39 Å². The third-order valence-electron chi connectivity index (χ3n) is 7.15. The number of phenols is 2. The highest BCUT2D eigenvalue weighted by Gasteiger charge is 2.44. The van der Waals surface area contributed by atoms with Crippen molar-refractivity contribution in [2.75, 3.05) is 32.8 Å². The summed E-state index contributed by atoms with van der Waals surface area (Å²) in [6.07, 6.45) is -0.112. The fourth-order valence-electron chi connectivity index (χ4n) is 4.91. The van der Waals surface area contributed by atoms with Gasteiger partial charge in [0.2, 0.25) is 11.8 Å². The van der Waals surface area contributed by atoms with Gasteiger partial charge in [-0.25, -0.2) is 4.39 Å². The molecular formula is C26H30FN3O11. The van der Waals surface area contributed by atoms with Crippen LogP contribution in [-0.4, -0.2) is 97.1 Å². The smallest absolute Gasteiger partial charge is 0.283 e. The summed E-state index contributed by atoms with van der Waals surface area (Å²) in [5.74, 6) is -7.98. The average Bonchev–Trinajstić information content (AvgIpc) is 3.28. The number of nitrogens with one attached hydrogen (secondary N) is 1.